The van der Waals surface area contributed by atoms with Gasteiger partial charge in [0.05, 0.1) is 10.6 Å². The zero-order valence-corrected chi connectivity index (χ0v) is 18.5. The Balaban J connectivity index is 0.000000520. The Morgan fingerprint density at radius 1 is 1.13 bits per heavy atom. The summed E-state index contributed by atoms with van der Waals surface area (Å²) in [6.45, 7) is 5.68. The number of carbonyl (C=O) groups excluding carboxylic acids is 1. The van der Waals surface area contributed by atoms with E-state index in [0.717, 1.165) is 44.1 Å². The first kappa shape index (κ1) is 20.9. The van der Waals surface area contributed by atoms with Crippen LogP contribution in [0.1, 0.15) is 32.4 Å². The number of hydrogen-bond donors (Lipinski definition) is 2. The minimum atomic E-state index is -0.165. The van der Waals surface area contributed by atoms with Gasteiger partial charge in [-0.25, -0.2) is 15.0 Å². The summed E-state index contributed by atoms with van der Waals surface area (Å²) in [5.41, 5.74) is 3.56. The second-order valence-electron chi connectivity index (χ2n) is 7.62. The highest BCUT2D eigenvalue weighted by atomic mass is 32.1. The van der Waals surface area contributed by atoms with Gasteiger partial charge in [-0.05, 0) is 37.1 Å². The maximum Gasteiger partial charge on any atom is 0.222 e. The van der Waals surface area contributed by atoms with Gasteiger partial charge in [0.15, 0.2) is 0 Å². The SMILES string of the molecule is CC(=O)Nc1cc(-c2nc(-c3ccc(C)nc3)c(-c3ncc[nH]3)s2)ccn1.CC1CC1. The molecule has 158 valence electrons. The molecular weight excluding hydrogens is 408 g/mol. The zero-order valence-electron chi connectivity index (χ0n) is 17.7. The third-order valence-electron chi connectivity index (χ3n) is 4.70. The summed E-state index contributed by atoms with van der Waals surface area (Å²) < 4.78 is 0. The molecule has 1 saturated carbocycles. The first-order chi connectivity index (χ1) is 15.0. The highest BCUT2D eigenvalue weighted by Gasteiger charge is 2.18. The van der Waals surface area contributed by atoms with Crippen molar-refractivity contribution < 1.29 is 4.79 Å². The zero-order chi connectivity index (χ0) is 21.8. The summed E-state index contributed by atoms with van der Waals surface area (Å²) in [7, 11) is 0. The maximum absolute atomic E-state index is 11.3. The van der Waals surface area contributed by atoms with Crippen LogP contribution >= 0.6 is 11.3 Å². The molecule has 4 aromatic heterocycles. The lowest BCUT2D eigenvalue weighted by atomic mass is 10.1. The fourth-order valence-corrected chi connectivity index (χ4v) is 3.82. The number of rotatable bonds is 4. The molecule has 4 aromatic rings. The summed E-state index contributed by atoms with van der Waals surface area (Å²) in [6, 6.07) is 7.64. The number of anilines is 1. The van der Waals surface area contributed by atoms with E-state index >= 15 is 0 Å². The van der Waals surface area contributed by atoms with Crippen LogP contribution in [-0.4, -0.2) is 30.8 Å². The Hall–Kier alpha value is -3.39. The molecule has 0 atom stereocenters. The van der Waals surface area contributed by atoms with E-state index < -0.39 is 0 Å². The highest BCUT2D eigenvalue weighted by Crippen LogP contribution is 2.39. The molecule has 2 N–H and O–H groups in total. The molecule has 4 heterocycles. The van der Waals surface area contributed by atoms with Crippen molar-refractivity contribution in [3.8, 4) is 32.5 Å². The number of thiazole rings is 1. The number of H-pyrrole nitrogens is 1. The quantitative estimate of drug-likeness (QED) is 0.454. The third-order valence-corrected chi connectivity index (χ3v) is 5.81. The number of aromatic amines is 1. The van der Waals surface area contributed by atoms with Crippen molar-refractivity contribution in [3.05, 3.63) is 54.7 Å². The molecule has 7 nitrogen and oxygen atoms in total. The van der Waals surface area contributed by atoms with Crippen LogP contribution in [0.25, 0.3) is 32.5 Å². The smallest absolute Gasteiger partial charge is 0.222 e. The van der Waals surface area contributed by atoms with Crippen LogP contribution in [0.3, 0.4) is 0 Å². The van der Waals surface area contributed by atoms with Gasteiger partial charge in [-0.15, -0.1) is 11.3 Å². The predicted molar refractivity (Wildman–Crippen MR) is 124 cm³/mol. The van der Waals surface area contributed by atoms with Crippen molar-refractivity contribution in [2.75, 3.05) is 5.32 Å². The van der Waals surface area contributed by atoms with Crippen LogP contribution in [0.4, 0.5) is 5.82 Å². The van der Waals surface area contributed by atoms with Gasteiger partial charge in [0.25, 0.3) is 0 Å². The van der Waals surface area contributed by atoms with Crippen LogP contribution < -0.4 is 5.32 Å². The number of pyridine rings is 2. The first-order valence-electron chi connectivity index (χ1n) is 10.2. The van der Waals surface area contributed by atoms with Crippen molar-refractivity contribution in [3.63, 3.8) is 0 Å². The second kappa shape index (κ2) is 9.18. The Labute approximate surface area is 185 Å². The number of imidazole rings is 1. The van der Waals surface area contributed by atoms with Gasteiger partial charge in [-0.2, -0.15) is 0 Å². The van der Waals surface area contributed by atoms with E-state index in [2.05, 4.69) is 32.2 Å². The minimum absolute atomic E-state index is 0.165. The largest absolute Gasteiger partial charge is 0.344 e. The van der Waals surface area contributed by atoms with Crippen molar-refractivity contribution in [1.82, 2.24) is 24.9 Å². The lowest BCUT2D eigenvalue weighted by Gasteiger charge is -2.02. The molecule has 8 heteroatoms. The van der Waals surface area contributed by atoms with E-state index in [1.54, 1.807) is 18.6 Å². The molecule has 1 aliphatic rings. The molecule has 5 rings (SSSR count). The van der Waals surface area contributed by atoms with Gasteiger partial charge in [0, 0.05) is 48.5 Å². The highest BCUT2D eigenvalue weighted by molar-refractivity contribution is 7.18. The Bertz CT molecular complexity index is 1160. The van der Waals surface area contributed by atoms with Crippen molar-refractivity contribution in [2.45, 2.75) is 33.6 Å². The van der Waals surface area contributed by atoms with E-state index in [1.807, 2.05) is 37.4 Å². The number of carbonyl (C=O) groups is 1. The van der Waals surface area contributed by atoms with Crippen LogP contribution in [-0.2, 0) is 4.79 Å². The molecule has 0 spiro atoms. The minimum Gasteiger partial charge on any atom is -0.344 e. The van der Waals surface area contributed by atoms with Crippen LogP contribution in [0.15, 0.2) is 49.1 Å². The molecule has 0 radical (unpaired) electrons. The molecule has 0 saturated heterocycles. The topological polar surface area (TPSA) is 96.5 Å². The fourth-order valence-electron chi connectivity index (χ4n) is 2.78. The number of aryl methyl sites for hydroxylation is 1. The molecule has 1 amide bonds. The van der Waals surface area contributed by atoms with E-state index in [1.165, 1.54) is 31.1 Å². The molecule has 31 heavy (non-hydrogen) atoms. The Morgan fingerprint density at radius 2 is 1.94 bits per heavy atom. The summed E-state index contributed by atoms with van der Waals surface area (Å²) in [4.78, 5) is 33.1. The molecular formula is C23H24N6OS. The molecule has 1 fully saturated rings. The second-order valence-corrected chi connectivity index (χ2v) is 8.62. The average molecular weight is 433 g/mol. The number of hydrogen-bond acceptors (Lipinski definition) is 6. The van der Waals surface area contributed by atoms with Gasteiger partial charge in [0.1, 0.15) is 16.6 Å². The van der Waals surface area contributed by atoms with Gasteiger partial charge in [0.2, 0.25) is 5.91 Å². The van der Waals surface area contributed by atoms with Gasteiger partial charge < -0.3 is 10.3 Å². The lowest BCUT2D eigenvalue weighted by Crippen LogP contribution is -2.07. The summed E-state index contributed by atoms with van der Waals surface area (Å²) in [6.07, 6.45) is 9.94. The molecule has 1 aliphatic carbocycles. The van der Waals surface area contributed by atoms with E-state index in [4.69, 9.17) is 4.98 Å². The lowest BCUT2D eigenvalue weighted by molar-refractivity contribution is -0.114. The predicted octanol–water partition coefficient (Wildman–Crippen LogP) is 5.34. The van der Waals surface area contributed by atoms with Crippen LogP contribution in [0, 0.1) is 12.8 Å². The summed E-state index contributed by atoms with van der Waals surface area (Å²) >= 11 is 1.52. The molecule has 0 bridgehead atoms. The fraction of sp³-hybridized carbons (Fsp3) is 0.261. The number of nitrogens with one attached hydrogen (secondary N) is 2. The Kier molecular flexibility index (Phi) is 6.18. The average Bonchev–Trinajstić information content (AvgIpc) is 3.21. The third kappa shape index (κ3) is 5.40. The number of amides is 1. The van der Waals surface area contributed by atoms with Gasteiger partial charge in [-0.1, -0.05) is 19.8 Å². The molecule has 0 aromatic carbocycles. The van der Waals surface area contributed by atoms with Crippen molar-refractivity contribution >= 4 is 23.1 Å². The van der Waals surface area contributed by atoms with E-state index in [9.17, 15) is 4.79 Å². The molecule has 0 unspecified atom stereocenters. The van der Waals surface area contributed by atoms with Crippen molar-refractivity contribution in [2.24, 2.45) is 5.92 Å². The number of nitrogens with zero attached hydrogens (tertiary/aromatic N) is 4. The van der Waals surface area contributed by atoms with Crippen LogP contribution in [0.2, 0.25) is 0 Å². The number of aromatic nitrogens is 5. The van der Waals surface area contributed by atoms with Crippen LogP contribution in [0.5, 0.6) is 0 Å². The molecule has 0 aliphatic heterocycles. The van der Waals surface area contributed by atoms with Crippen molar-refractivity contribution in [1.29, 1.82) is 0 Å². The van der Waals surface area contributed by atoms with E-state index in [0.29, 0.717) is 5.82 Å². The first-order valence-corrected chi connectivity index (χ1v) is 11.0. The normalized spacial score (nSPS) is 12.7. The standard InChI is InChI=1S/C19H16N6OS.C4H8/c1-11-3-4-14(10-23-11)16-17(18-21-7-8-22-18)27-19(25-16)13-5-6-20-15(9-13)24-12(2)26;1-4-2-3-4/h3-10H,1-2H3,(H,21,22)(H,20,24,26);4H,2-3H2,1H3. The van der Waals surface area contributed by atoms with Gasteiger partial charge in [-0.3, -0.25) is 9.78 Å². The maximum atomic E-state index is 11.3. The van der Waals surface area contributed by atoms with E-state index in [-0.39, 0.29) is 5.91 Å². The van der Waals surface area contributed by atoms with Gasteiger partial charge >= 0.3 is 0 Å². The Morgan fingerprint density at radius 3 is 2.55 bits per heavy atom. The monoisotopic (exact) mass is 432 g/mol. The summed E-state index contributed by atoms with van der Waals surface area (Å²) in [5.74, 6) is 2.17. The summed E-state index contributed by atoms with van der Waals surface area (Å²) in [5, 5.41) is 3.51.